The van der Waals surface area contributed by atoms with Gasteiger partial charge in [0.2, 0.25) is 10.0 Å². The monoisotopic (exact) mass is 215 g/mol. The van der Waals surface area contributed by atoms with Crippen LogP contribution in [0, 0.1) is 6.92 Å². The molecule has 14 heavy (non-hydrogen) atoms. The van der Waals surface area contributed by atoms with E-state index >= 15 is 0 Å². The number of sulfonamides is 1. The second-order valence-corrected chi connectivity index (χ2v) is 4.47. The van der Waals surface area contributed by atoms with E-state index in [4.69, 9.17) is 9.88 Å². The largest absolute Gasteiger partial charge is 0.494 e. The molecular formula is C9H13NO3S. The van der Waals surface area contributed by atoms with Crippen LogP contribution in [0.25, 0.3) is 0 Å². The number of nitrogens with two attached hydrogens (primary N) is 1. The predicted octanol–water partition coefficient (Wildman–Crippen LogP) is 1.04. The zero-order valence-electron chi connectivity index (χ0n) is 8.15. The average molecular weight is 215 g/mol. The molecule has 1 rings (SSSR count). The third-order valence-electron chi connectivity index (χ3n) is 1.79. The third kappa shape index (κ3) is 2.46. The van der Waals surface area contributed by atoms with Gasteiger partial charge in [-0.2, -0.15) is 0 Å². The van der Waals surface area contributed by atoms with Gasteiger partial charge in [0.25, 0.3) is 0 Å². The minimum atomic E-state index is -3.64. The van der Waals surface area contributed by atoms with Gasteiger partial charge in [0.05, 0.1) is 11.5 Å². The van der Waals surface area contributed by atoms with Crippen molar-refractivity contribution in [3.63, 3.8) is 0 Å². The fourth-order valence-corrected chi connectivity index (χ4v) is 1.60. The Morgan fingerprint density at radius 2 is 2.07 bits per heavy atom. The van der Waals surface area contributed by atoms with Crippen molar-refractivity contribution >= 4 is 10.0 Å². The molecule has 0 amide bonds. The summed E-state index contributed by atoms with van der Waals surface area (Å²) in [6.45, 7) is 4.18. The highest BCUT2D eigenvalue weighted by Gasteiger charge is 2.10. The molecule has 2 N–H and O–H groups in total. The van der Waals surface area contributed by atoms with Crippen molar-refractivity contribution in [1.29, 1.82) is 0 Å². The predicted molar refractivity (Wildman–Crippen MR) is 53.7 cm³/mol. The Kier molecular flexibility index (Phi) is 3.13. The summed E-state index contributed by atoms with van der Waals surface area (Å²) in [5.41, 5.74) is 0.888. The van der Waals surface area contributed by atoms with Crippen molar-refractivity contribution in [1.82, 2.24) is 0 Å². The summed E-state index contributed by atoms with van der Waals surface area (Å²) in [7, 11) is -3.64. The summed E-state index contributed by atoms with van der Waals surface area (Å²) in [4.78, 5) is 0.0755. The van der Waals surface area contributed by atoms with Crippen LogP contribution < -0.4 is 9.88 Å². The zero-order valence-corrected chi connectivity index (χ0v) is 8.97. The number of primary sulfonamides is 1. The summed E-state index contributed by atoms with van der Waals surface area (Å²) in [5, 5.41) is 4.99. The normalized spacial score (nSPS) is 11.4. The first-order valence-electron chi connectivity index (χ1n) is 4.21. The van der Waals surface area contributed by atoms with Gasteiger partial charge in [-0.3, -0.25) is 0 Å². The highest BCUT2D eigenvalue weighted by molar-refractivity contribution is 7.89. The van der Waals surface area contributed by atoms with Crippen molar-refractivity contribution < 1.29 is 13.2 Å². The Balaban J connectivity index is 3.20. The molecule has 0 aromatic heterocycles. The van der Waals surface area contributed by atoms with Crippen molar-refractivity contribution in [2.75, 3.05) is 6.61 Å². The van der Waals surface area contributed by atoms with Gasteiger partial charge in [0.1, 0.15) is 5.75 Å². The summed E-state index contributed by atoms with van der Waals surface area (Å²) in [6.07, 6.45) is 0. The first-order chi connectivity index (χ1) is 6.45. The Labute approximate surface area is 83.7 Å². The Hall–Kier alpha value is -1.07. The number of benzene rings is 1. The van der Waals surface area contributed by atoms with Crippen LogP contribution >= 0.6 is 0 Å². The maximum Gasteiger partial charge on any atom is 0.238 e. The third-order valence-corrected chi connectivity index (χ3v) is 2.70. The molecule has 0 aliphatic heterocycles. The van der Waals surface area contributed by atoms with Gasteiger partial charge in [-0.15, -0.1) is 0 Å². The molecule has 0 heterocycles. The molecule has 0 saturated heterocycles. The fraction of sp³-hybridized carbons (Fsp3) is 0.333. The van der Waals surface area contributed by atoms with E-state index in [9.17, 15) is 8.42 Å². The van der Waals surface area contributed by atoms with Crippen molar-refractivity contribution in [2.24, 2.45) is 5.14 Å². The summed E-state index contributed by atoms with van der Waals surface area (Å²) < 4.78 is 27.3. The van der Waals surface area contributed by atoms with E-state index in [1.54, 1.807) is 6.07 Å². The first-order valence-corrected chi connectivity index (χ1v) is 5.76. The van der Waals surface area contributed by atoms with Crippen molar-refractivity contribution in [3.05, 3.63) is 23.8 Å². The molecule has 0 unspecified atom stereocenters. The van der Waals surface area contributed by atoms with Gasteiger partial charge in [0, 0.05) is 6.07 Å². The van der Waals surface area contributed by atoms with Gasteiger partial charge >= 0.3 is 0 Å². The molecule has 0 aliphatic rings. The zero-order chi connectivity index (χ0) is 10.8. The van der Waals surface area contributed by atoms with E-state index in [-0.39, 0.29) is 4.90 Å². The Bertz CT molecular complexity index is 426. The second kappa shape index (κ2) is 3.98. The molecule has 4 nitrogen and oxygen atoms in total. The summed E-state index contributed by atoms with van der Waals surface area (Å²) in [6, 6.07) is 4.58. The van der Waals surface area contributed by atoms with Crippen LogP contribution in [0.2, 0.25) is 0 Å². The van der Waals surface area contributed by atoms with Gasteiger partial charge in [-0.25, -0.2) is 13.6 Å². The lowest BCUT2D eigenvalue weighted by Gasteiger charge is -2.07. The lowest BCUT2D eigenvalue weighted by molar-refractivity contribution is 0.337. The number of hydrogen-bond donors (Lipinski definition) is 1. The number of aryl methyl sites for hydroxylation is 1. The lowest BCUT2D eigenvalue weighted by Crippen LogP contribution is -2.12. The SMILES string of the molecule is CCOc1cc(S(N)(=O)=O)ccc1C. The molecule has 0 spiro atoms. The maximum atomic E-state index is 11.0. The standard InChI is InChI=1S/C9H13NO3S/c1-3-13-9-6-8(14(10,11)12)5-4-7(9)2/h4-6H,3H2,1-2H3,(H2,10,11,12). The lowest BCUT2D eigenvalue weighted by atomic mass is 10.2. The van der Waals surface area contributed by atoms with Gasteiger partial charge in [0.15, 0.2) is 0 Å². The van der Waals surface area contributed by atoms with E-state index in [2.05, 4.69) is 0 Å². The topological polar surface area (TPSA) is 69.4 Å². The van der Waals surface area contributed by atoms with Crippen LogP contribution in [0.15, 0.2) is 23.1 Å². The van der Waals surface area contributed by atoms with Crippen molar-refractivity contribution in [2.45, 2.75) is 18.7 Å². The van der Waals surface area contributed by atoms with E-state index in [1.165, 1.54) is 12.1 Å². The maximum absolute atomic E-state index is 11.0. The van der Waals surface area contributed by atoms with E-state index in [1.807, 2.05) is 13.8 Å². The first kappa shape index (κ1) is 11.0. The molecule has 0 atom stereocenters. The second-order valence-electron chi connectivity index (χ2n) is 2.91. The van der Waals surface area contributed by atoms with Crippen LogP contribution in [0.5, 0.6) is 5.75 Å². The summed E-state index contributed by atoms with van der Waals surface area (Å²) in [5.74, 6) is 0.555. The van der Waals surface area contributed by atoms with Crippen LogP contribution in [0.3, 0.4) is 0 Å². The number of hydrogen-bond acceptors (Lipinski definition) is 3. The highest BCUT2D eigenvalue weighted by Crippen LogP contribution is 2.21. The number of rotatable bonds is 3. The Morgan fingerprint density at radius 1 is 1.43 bits per heavy atom. The molecular weight excluding hydrogens is 202 g/mol. The van der Waals surface area contributed by atoms with E-state index in [0.717, 1.165) is 5.56 Å². The van der Waals surface area contributed by atoms with Gasteiger partial charge < -0.3 is 4.74 Å². The van der Waals surface area contributed by atoms with Crippen LogP contribution in [0.1, 0.15) is 12.5 Å². The van der Waals surface area contributed by atoms with Crippen LogP contribution in [0.4, 0.5) is 0 Å². The molecule has 1 aromatic rings. The van der Waals surface area contributed by atoms with Gasteiger partial charge in [-0.05, 0) is 25.5 Å². The highest BCUT2D eigenvalue weighted by atomic mass is 32.2. The quantitative estimate of drug-likeness (QED) is 0.819. The summed E-state index contributed by atoms with van der Waals surface area (Å²) >= 11 is 0. The van der Waals surface area contributed by atoms with Crippen LogP contribution in [-0.4, -0.2) is 15.0 Å². The Morgan fingerprint density at radius 3 is 2.57 bits per heavy atom. The molecule has 0 bridgehead atoms. The molecule has 0 fully saturated rings. The number of ether oxygens (including phenoxy) is 1. The van der Waals surface area contributed by atoms with Gasteiger partial charge in [-0.1, -0.05) is 6.07 Å². The molecule has 5 heteroatoms. The molecule has 1 aromatic carbocycles. The van der Waals surface area contributed by atoms with Crippen molar-refractivity contribution in [3.8, 4) is 5.75 Å². The van der Waals surface area contributed by atoms with Crippen LogP contribution in [-0.2, 0) is 10.0 Å². The fourth-order valence-electron chi connectivity index (χ4n) is 1.07. The minimum Gasteiger partial charge on any atom is -0.494 e. The molecule has 0 aliphatic carbocycles. The smallest absolute Gasteiger partial charge is 0.238 e. The molecule has 0 radical (unpaired) electrons. The molecule has 78 valence electrons. The minimum absolute atomic E-state index is 0.0755. The van der Waals surface area contributed by atoms with E-state index < -0.39 is 10.0 Å². The average Bonchev–Trinajstić information content (AvgIpc) is 2.07. The molecule has 0 saturated carbocycles. The van der Waals surface area contributed by atoms with E-state index in [0.29, 0.717) is 12.4 Å².